The molecule has 1 saturated heterocycles. The SMILES string of the molecule is O=C(CCc1nc(-c2ccc(F)cc2)no1)N1CCN(Cc2cccc3cccnc23)CC1. The molecular weight excluding hydrogens is 421 g/mol. The zero-order valence-electron chi connectivity index (χ0n) is 18.2. The highest BCUT2D eigenvalue weighted by molar-refractivity contribution is 5.81. The molecule has 2 aromatic carbocycles. The lowest BCUT2D eigenvalue weighted by molar-refractivity contribution is -0.133. The Labute approximate surface area is 190 Å². The molecule has 2 aromatic heterocycles. The molecule has 168 valence electrons. The number of hydrogen-bond donors (Lipinski definition) is 0. The average molecular weight is 445 g/mol. The number of nitrogens with zero attached hydrogens (tertiary/aromatic N) is 5. The molecule has 0 unspecified atom stereocenters. The van der Waals surface area contributed by atoms with Gasteiger partial charge in [-0.1, -0.05) is 29.4 Å². The van der Waals surface area contributed by atoms with Gasteiger partial charge in [0.05, 0.1) is 5.52 Å². The van der Waals surface area contributed by atoms with Gasteiger partial charge in [-0.2, -0.15) is 4.98 Å². The van der Waals surface area contributed by atoms with Crippen LogP contribution in [0.25, 0.3) is 22.3 Å². The Kier molecular flexibility index (Phi) is 6.08. The van der Waals surface area contributed by atoms with Crippen molar-refractivity contribution in [3.63, 3.8) is 0 Å². The molecule has 1 aliphatic heterocycles. The number of aryl methyl sites for hydroxylation is 1. The number of aromatic nitrogens is 3. The third kappa shape index (κ3) is 4.90. The van der Waals surface area contributed by atoms with Crippen LogP contribution < -0.4 is 0 Å². The number of rotatable bonds is 6. The maximum atomic E-state index is 13.1. The largest absolute Gasteiger partial charge is 0.340 e. The summed E-state index contributed by atoms with van der Waals surface area (Å²) in [5.41, 5.74) is 2.93. The van der Waals surface area contributed by atoms with Crippen molar-refractivity contribution in [1.29, 1.82) is 0 Å². The van der Waals surface area contributed by atoms with Gasteiger partial charge in [0.2, 0.25) is 17.6 Å². The van der Waals surface area contributed by atoms with Crippen molar-refractivity contribution >= 4 is 16.8 Å². The summed E-state index contributed by atoms with van der Waals surface area (Å²) in [5.74, 6) is 0.573. The number of carbonyl (C=O) groups excluding carboxylic acids is 1. The van der Waals surface area contributed by atoms with E-state index in [0.29, 0.717) is 43.2 Å². The van der Waals surface area contributed by atoms with Crippen LogP contribution in [0.3, 0.4) is 0 Å². The first-order valence-corrected chi connectivity index (χ1v) is 11.1. The summed E-state index contributed by atoms with van der Waals surface area (Å²) in [6.07, 6.45) is 2.53. The molecule has 0 N–H and O–H groups in total. The molecule has 0 saturated carbocycles. The van der Waals surface area contributed by atoms with E-state index in [9.17, 15) is 9.18 Å². The van der Waals surface area contributed by atoms with Gasteiger partial charge >= 0.3 is 0 Å². The standard InChI is InChI=1S/C25H24FN5O2/c26-21-8-6-19(7-9-21)25-28-22(33-29-25)10-11-23(32)31-15-13-30(14-16-31)17-20-4-1-3-18-5-2-12-27-24(18)20/h1-9,12H,10-11,13-17H2. The predicted molar refractivity (Wildman–Crippen MR) is 122 cm³/mol. The molecule has 33 heavy (non-hydrogen) atoms. The van der Waals surface area contributed by atoms with E-state index in [1.807, 2.05) is 17.2 Å². The summed E-state index contributed by atoms with van der Waals surface area (Å²) in [7, 11) is 0. The van der Waals surface area contributed by atoms with Gasteiger partial charge in [-0.05, 0) is 35.9 Å². The normalized spacial score (nSPS) is 14.6. The number of fused-ring (bicyclic) bond motifs is 1. The van der Waals surface area contributed by atoms with Crippen LogP contribution in [-0.4, -0.2) is 57.0 Å². The number of pyridine rings is 1. The minimum absolute atomic E-state index is 0.0861. The lowest BCUT2D eigenvalue weighted by Crippen LogP contribution is -2.48. The van der Waals surface area contributed by atoms with E-state index in [1.54, 1.807) is 12.1 Å². The summed E-state index contributed by atoms with van der Waals surface area (Å²) in [4.78, 5) is 25.8. The fourth-order valence-electron chi connectivity index (χ4n) is 4.14. The van der Waals surface area contributed by atoms with Gasteiger partial charge in [0.15, 0.2) is 0 Å². The van der Waals surface area contributed by atoms with E-state index in [0.717, 1.165) is 30.5 Å². The van der Waals surface area contributed by atoms with Crippen molar-refractivity contribution in [2.24, 2.45) is 0 Å². The first kappa shape index (κ1) is 21.2. The van der Waals surface area contributed by atoms with E-state index in [1.165, 1.54) is 17.7 Å². The highest BCUT2D eigenvalue weighted by Gasteiger charge is 2.22. The molecule has 3 heterocycles. The van der Waals surface area contributed by atoms with E-state index < -0.39 is 0 Å². The molecule has 8 heteroatoms. The van der Waals surface area contributed by atoms with E-state index >= 15 is 0 Å². The van der Waals surface area contributed by atoms with Gasteiger partial charge in [-0.25, -0.2) is 4.39 Å². The van der Waals surface area contributed by atoms with Crippen molar-refractivity contribution < 1.29 is 13.7 Å². The molecule has 0 radical (unpaired) electrons. The summed E-state index contributed by atoms with van der Waals surface area (Å²) in [6.45, 7) is 3.86. The third-order valence-electron chi connectivity index (χ3n) is 5.96. The molecule has 0 atom stereocenters. The van der Waals surface area contributed by atoms with Crippen LogP contribution in [0.1, 0.15) is 17.9 Å². The number of carbonyl (C=O) groups is 1. The molecule has 0 bridgehead atoms. The van der Waals surface area contributed by atoms with Gasteiger partial charge in [0.25, 0.3) is 0 Å². The van der Waals surface area contributed by atoms with Gasteiger partial charge in [0.1, 0.15) is 5.82 Å². The zero-order chi connectivity index (χ0) is 22.6. The number of halogens is 1. The minimum atomic E-state index is -0.318. The first-order chi connectivity index (χ1) is 16.2. The molecule has 7 nitrogen and oxygen atoms in total. The van der Waals surface area contributed by atoms with E-state index in [-0.39, 0.29) is 11.7 Å². The highest BCUT2D eigenvalue weighted by Crippen LogP contribution is 2.19. The van der Waals surface area contributed by atoms with E-state index in [2.05, 4.69) is 44.3 Å². The fraction of sp³-hybridized carbons (Fsp3) is 0.280. The Bertz CT molecular complexity index is 1240. The zero-order valence-corrected chi connectivity index (χ0v) is 18.2. The summed E-state index contributed by atoms with van der Waals surface area (Å²) >= 11 is 0. The van der Waals surface area contributed by atoms with Crippen molar-refractivity contribution in [3.8, 4) is 11.4 Å². The number of amides is 1. The second kappa shape index (κ2) is 9.46. The number of piperazine rings is 1. The molecular formula is C25H24FN5O2. The maximum Gasteiger partial charge on any atom is 0.227 e. The van der Waals surface area contributed by atoms with Crippen molar-refractivity contribution in [1.82, 2.24) is 24.9 Å². The molecule has 0 spiro atoms. The number of para-hydroxylation sites is 1. The summed E-state index contributed by atoms with van der Waals surface area (Å²) in [6, 6.07) is 16.2. The Hall–Kier alpha value is -3.65. The smallest absolute Gasteiger partial charge is 0.227 e. The Morgan fingerprint density at radius 2 is 1.79 bits per heavy atom. The maximum absolute atomic E-state index is 13.1. The quantitative estimate of drug-likeness (QED) is 0.451. The van der Waals surface area contributed by atoms with Crippen LogP contribution in [-0.2, 0) is 17.8 Å². The first-order valence-electron chi connectivity index (χ1n) is 11.1. The Morgan fingerprint density at radius 3 is 2.61 bits per heavy atom. The van der Waals surface area contributed by atoms with Crippen LogP contribution in [0.2, 0.25) is 0 Å². The van der Waals surface area contributed by atoms with Gasteiger partial charge < -0.3 is 9.42 Å². The molecule has 4 aromatic rings. The van der Waals surface area contributed by atoms with Crippen LogP contribution in [0, 0.1) is 5.82 Å². The third-order valence-corrected chi connectivity index (χ3v) is 5.96. The van der Waals surface area contributed by atoms with Crippen molar-refractivity contribution in [3.05, 3.63) is 78.1 Å². The van der Waals surface area contributed by atoms with Crippen LogP contribution in [0.5, 0.6) is 0 Å². The molecule has 1 aliphatic rings. The Balaban J connectivity index is 1.12. The Morgan fingerprint density at radius 1 is 1.00 bits per heavy atom. The second-order valence-electron chi connectivity index (χ2n) is 8.17. The minimum Gasteiger partial charge on any atom is -0.340 e. The molecule has 5 rings (SSSR count). The second-order valence-corrected chi connectivity index (χ2v) is 8.17. The summed E-state index contributed by atoms with van der Waals surface area (Å²) < 4.78 is 18.3. The fourth-order valence-corrected chi connectivity index (χ4v) is 4.14. The van der Waals surface area contributed by atoms with Gasteiger partial charge in [-0.3, -0.25) is 14.7 Å². The highest BCUT2D eigenvalue weighted by atomic mass is 19.1. The summed E-state index contributed by atoms with van der Waals surface area (Å²) in [5, 5.41) is 5.08. The molecule has 0 aliphatic carbocycles. The molecule has 1 fully saturated rings. The lowest BCUT2D eigenvalue weighted by Gasteiger charge is -2.34. The monoisotopic (exact) mass is 445 g/mol. The predicted octanol–water partition coefficient (Wildman–Crippen LogP) is 3.70. The number of hydrogen-bond acceptors (Lipinski definition) is 6. The van der Waals surface area contributed by atoms with Crippen LogP contribution in [0.15, 0.2) is 65.3 Å². The van der Waals surface area contributed by atoms with Crippen LogP contribution in [0.4, 0.5) is 4.39 Å². The van der Waals surface area contributed by atoms with Crippen molar-refractivity contribution in [2.75, 3.05) is 26.2 Å². The van der Waals surface area contributed by atoms with Crippen molar-refractivity contribution in [2.45, 2.75) is 19.4 Å². The van der Waals surface area contributed by atoms with E-state index in [4.69, 9.17) is 4.52 Å². The topological polar surface area (TPSA) is 75.4 Å². The lowest BCUT2D eigenvalue weighted by atomic mass is 10.1. The van der Waals surface area contributed by atoms with Gasteiger partial charge in [0, 0.05) is 62.7 Å². The van der Waals surface area contributed by atoms with Gasteiger partial charge in [-0.15, -0.1) is 0 Å². The number of benzene rings is 2. The average Bonchev–Trinajstić information content (AvgIpc) is 3.33. The molecule has 1 amide bonds. The van der Waals surface area contributed by atoms with Crippen LogP contribution >= 0.6 is 0 Å².